The molecular weight excluding hydrogens is 369 g/mol. The molecule has 0 spiro atoms. The Bertz CT molecular complexity index is 851. The smallest absolute Gasteiger partial charge is 0.416 e. The van der Waals surface area contributed by atoms with Crippen LogP contribution < -0.4 is 25.5 Å². The highest BCUT2D eigenvalue weighted by Crippen LogP contribution is 2.35. The number of carbonyl (C=O) groups excluding carboxylic acids is 2. The van der Waals surface area contributed by atoms with Gasteiger partial charge in [-0.15, -0.1) is 0 Å². The minimum Gasteiger partial charge on any atom is -0.496 e. The van der Waals surface area contributed by atoms with Gasteiger partial charge in [0.2, 0.25) is 0 Å². The highest BCUT2D eigenvalue weighted by molar-refractivity contribution is 6.01. The molecule has 3 N–H and O–H groups in total. The van der Waals surface area contributed by atoms with Gasteiger partial charge in [0.1, 0.15) is 17.1 Å². The summed E-state index contributed by atoms with van der Waals surface area (Å²) in [6.45, 7) is 0. The van der Waals surface area contributed by atoms with Crippen molar-refractivity contribution in [3.63, 3.8) is 0 Å². The third-order valence-corrected chi connectivity index (χ3v) is 3.50. The second kappa shape index (κ2) is 7.96. The highest BCUT2D eigenvalue weighted by Gasteiger charge is 2.30. The fourth-order valence-electron chi connectivity index (χ4n) is 2.18. The molecule has 0 atom stereocenters. The Labute approximate surface area is 151 Å². The quantitative estimate of drug-likeness (QED) is 0.270. The van der Waals surface area contributed by atoms with Crippen LogP contribution in [0.2, 0.25) is 0 Å². The fraction of sp³-hybridized carbons (Fsp3) is 0.176. The molecule has 0 aliphatic carbocycles. The van der Waals surface area contributed by atoms with Crippen molar-refractivity contribution in [2.75, 3.05) is 14.2 Å². The Morgan fingerprint density at radius 2 is 1.59 bits per heavy atom. The fourth-order valence-corrected chi connectivity index (χ4v) is 2.18. The molecule has 0 bridgehead atoms. The summed E-state index contributed by atoms with van der Waals surface area (Å²) in [5.74, 6) is 3.35. The molecule has 0 heterocycles. The molecule has 0 saturated heterocycles. The van der Waals surface area contributed by atoms with Crippen molar-refractivity contribution in [2.24, 2.45) is 5.84 Å². The topological polar surface area (TPSA) is 99.9 Å². The summed E-state index contributed by atoms with van der Waals surface area (Å²) in [7, 11) is 2.63. The van der Waals surface area contributed by atoms with Crippen LogP contribution >= 0.6 is 0 Å². The number of nitrogen functional groups attached to an aromatic ring is 1. The van der Waals surface area contributed by atoms with E-state index in [1.54, 1.807) is 0 Å². The van der Waals surface area contributed by atoms with Gasteiger partial charge in [-0.2, -0.15) is 13.2 Å². The van der Waals surface area contributed by atoms with Crippen LogP contribution in [0.4, 0.5) is 13.2 Å². The van der Waals surface area contributed by atoms with Crippen LogP contribution in [0, 0.1) is 0 Å². The third-order valence-electron chi connectivity index (χ3n) is 3.50. The Hall–Kier alpha value is -3.27. The zero-order chi connectivity index (χ0) is 20.2. The van der Waals surface area contributed by atoms with Gasteiger partial charge in [0, 0.05) is 12.1 Å². The molecular formula is C17H15F3N2O5. The first-order valence-corrected chi connectivity index (χ1v) is 7.37. The maximum atomic E-state index is 12.6. The van der Waals surface area contributed by atoms with Crippen molar-refractivity contribution in [3.05, 3.63) is 53.1 Å². The van der Waals surface area contributed by atoms with Crippen molar-refractivity contribution < 1.29 is 37.0 Å². The minimum atomic E-state index is -4.53. The van der Waals surface area contributed by atoms with Crippen LogP contribution in [-0.4, -0.2) is 26.1 Å². The van der Waals surface area contributed by atoms with E-state index in [0.717, 1.165) is 24.3 Å². The molecule has 144 valence electrons. The molecule has 2 aromatic carbocycles. The summed E-state index contributed by atoms with van der Waals surface area (Å²) in [5.41, 5.74) is 0.654. The molecule has 0 radical (unpaired) electrons. The number of rotatable bonds is 5. The summed E-state index contributed by atoms with van der Waals surface area (Å²) in [4.78, 5) is 24.3. The second-order valence-corrected chi connectivity index (χ2v) is 5.14. The number of amides is 1. The molecule has 1 amide bonds. The molecule has 0 aliphatic rings. The Balaban J connectivity index is 2.40. The number of nitrogens with one attached hydrogen (secondary N) is 1. The zero-order valence-corrected chi connectivity index (χ0v) is 14.2. The molecule has 27 heavy (non-hydrogen) atoms. The van der Waals surface area contributed by atoms with Crippen LogP contribution in [0.15, 0.2) is 36.4 Å². The number of hydrogen-bond acceptors (Lipinski definition) is 6. The Morgan fingerprint density at radius 3 is 2.07 bits per heavy atom. The first-order chi connectivity index (χ1) is 12.7. The minimum absolute atomic E-state index is 0.0209. The van der Waals surface area contributed by atoms with Crippen molar-refractivity contribution in [2.45, 2.75) is 6.18 Å². The molecule has 2 aromatic rings. The third kappa shape index (κ3) is 4.47. The van der Waals surface area contributed by atoms with E-state index < -0.39 is 23.6 Å². The number of ether oxygens (including phenoxy) is 3. The lowest BCUT2D eigenvalue weighted by atomic mass is 10.1. The van der Waals surface area contributed by atoms with Gasteiger partial charge in [0.25, 0.3) is 5.91 Å². The number of esters is 1. The van der Waals surface area contributed by atoms with Gasteiger partial charge in [-0.25, -0.2) is 10.6 Å². The predicted molar refractivity (Wildman–Crippen MR) is 87.6 cm³/mol. The van der Waals surface area contributed by atoms with E-state index in [-0.39, 0.29) is 28.4 Å². The lowest BCUT2D eigenvalue weighted by Crippen LogP contribution is -2.31. The van der Waals surface area contributed by atoms with E-state index in [1.807, 2.05) is 5.43 Å². The van der Waals surface area contributed by atoms with Crippen molar-refractivity contribution >= 4 is 11.9 Å². The van der Waals surface area contributed by atoms with Crippen LogP contribution in [0.5, 0.6) is 17.2 Å². The van der Waals surface area contributed by atoms with Crippen molar-refractivity contribution in [3.8, 4) is 17.2 Å². The molecule has 0 unspecified atom stereocenters. The molecule has 0 aliphatic heterocycles. The van der Waals surface area contributed by atoms with E-state index >= 15 is 0 Å². The maximum Gasteiger partial charge on any atom is 0.416 e. The Kier molecular flexibility index (Phi) is 5.91. The average molecular weight is 384 g/mol. The van der Waals surface area contributed by atoms with E-state index in [0.29, 0.717) is 0 Å². The molecule has 0 fully saturated rings. The molecule has 7 nitrogen and oxygen atoms in total. The normalized spacial score (nSPS) is 10.9. The van der Waals surface area contributed by atoms with Gasteiger partial charge >= 0.3 is 12.1 Å². The zero-order valence-electron chi connectivity index (χ0n) is 14.2. The lowest BCUT2D eigenvalue weighted by Gasteiger charge is -2.15. The number of alkyl halides is 3. The molecule has 0 saturated carbocycles. The maximum absolute atomic E-state index is 12.6. The number of halogens is 3. The first kappa shape index (κ1) is 20.0. The second-order valence-electron chi connectivity index (χ2n) is 5.14. The summed E-state index contributed by atoms with van der Waals surface area (Å²) in [5, 5.41) is 0. The summed E-state index contributed by atoms with van der Waals surface area (Å²) < 4.78 is 53.1. The van der Waals surface area contributed by atoms with E-state index in [1.165, 1.54) is 26.4 Å². The van der Waals surface area contributed by atoms with Gasteiger partial charge in [0.15, 0.2) is 5.75 Å². The number of hydrogen-bond donors (Lipinski definition) is 2. The predicted octanol–water partition coefficient (Wildman–Crippen LogP) is 2.55. The van der Waals surface area contributed by atoms with Crippen molar-refractivity contribution in [1.82, 2.24) is 5.43 Å². The summed E-state index contributed by atoms with van der Waals surface area (Å²) in [6, 6.07) is 6.04. The van der Waals surface area contributed by atoms with Crippen LogP contribution in [0.25, 0.3) is 0 Å². The summed E-state index contributed by atoms with van der Waals surface area (Å²) in [6.07, 6.45) is -4.53. The number of hydrazine groups is 1. The monoisotopic (exact) mass is 384 g/mol. The Morgan fingerprint density at radius 1 is 1.00 bits per heavy atom. The number of nitrogens with two attached hydrogens (primary N) is 1. The van der Waals surface area contributed by atoms with E-state index in [9.17, 15) is 22.8 Å². The average Bonchev–Trinajstić information content (AvgIpc) is 2.65. The van der Waals surface area contributed by atoms with E-state index in [4.69, 9.17) is 20.1 Å². The number of benzene rings is 2. The van der Waals surface area contributed by atoms with Gasteiger partial charge in [0.05, 0.1) is 25.3 Å². The molecule has 10 heteroatoms. The van der Waals surface area contributed by atoms with Gasteiger partial charge < -0.3 is 14.2 Å². The summed E-state index contributed by atoms with van der Waals surface area (Å²) >= 11 is 0. The lowest BCUT2D eigenvalue weighted by molar-refractivity contribution is -0.137. The van der Waals surface area contributed by atoms with Gasteiger partial charge in [-0.1, -0.05) is 0 Å². The van der Waals surface area contributed by atoms with E-state index in [2.05, 4.69) is 0 Å². The van der Waals surface area contributed by atoms with Crippen LogP contribution in [0.3, 0.4) is 0 Å². The van der Waals surface area contributed by atoms with Crippen LogP contribution in [-0.2, 0) is 6.18 Å². The molecule has 0 aromatic heterocycles. The SMILES string of the molecule is COc1cc(OC)c(C(=O)NN)c(OC(=O)c2ccc(C(F)(F)F)cc2)c1. The number of carbonyl (C=O) groups is 2. The largest absolute Gasteiger partial charge is 0.496 e. The van der Waals surface area contributed by atoms with Crippen molar-refractivity contribution in [1.29, 1.82) is 0 Å². The van der Waals surface area contributed by atoms with Gasteiger partial charge in [-0.3, -0.25) is 10.2 Å². The number of methoxy groups -OCH3 is 2. The highest BCUT2D eigenvalue weighted by atomic mass is 19.4. The first-order valence-electron chi connectivity index (χ1n) is 7.37. The van der Waals surface area contributed by atoms with Gasteiger partial charge in [-0.05, 0) is 24.3 Å². The standard InChI is InChI=1S/C17H15F3N2O5/c1-25-11-7-12(26-2)14(15(23)22-21)13(8-11)27-16(24)9-3-5-10(6-4-9)17(18,19)20/h3-8H,21H2,1-2H3,(H,22,23). The molecule has 2 rings (SSSR count). The van der Waals surface area contributed by atoms with Crippen LogP contribution in [0.1, 0.15) is 26.3 Å².